The standard InChI is InChI=1S/C17H23N3O/c1-2-18-16(21)12-20-15-11-7-6-10-14(15)19-17(20)13-8-4-3-5-9-13/h6-7,10-11,13H,2-5,8-9,12H2,1H3,(H,18,21). The summed E-state index contributed by atoms with van der Waals surface area (Å²) >= 11 is 0. The fourth-order valence-corrected chi connectivity index (χ4v) is 3.33. The summed E-state index contributed by atoms with van der Waals surface area (Å²) in [6.07, 6.45) is 6.26. The van der Waals surface area contributed by atoms with Crippen LogP contribution in [0, 0.1) is 0 Å². The first-order chi connectivity index (χ1) is 10.3. The van der Waals surface area contributed by atoms with Gasteiger partial charge in [-0.1, -0.05) is 31.4 Å². The van der Waals surface area contributed by atoms with Crippen molar-refractivity contribution in [2.75, 3.05) is 6.54 Å². The highest BCUT2D eigenvalue weighted by Gasteiger charge is 2.23. The van der Waals surface area contributed by atoms with E-state index in [1.165, 1.54) is 32.1 Å². The van der Waals surface area contributed by atoms with E-state index in [-0.39, 0.29) is 5.91 Å². The van der Waals surface area contributed by atoms with Gasteiger partial charge in [0.25, 0.3) is 0 Å². The first-order valence-electron chi connectivity index (χ1n) is 8.01. The number of likely N-dealkylation sites (N-methyl/N-ethyl adjacent to an activating group) is 1. The molecule has 0 aliphatic heterocycles. The quantitative estimate of drug-likeness (QED) is 0.937. The predicted molar refractivity (Wildman–Crippen MR) is 84.2 cm³/mol. The topological polar surface area (TPSA) is 46.9 Å². The van der Waals surface area contributed by atoms with Crippen LogP contribution in [0.4, 0.5) is 0 Å². The van der Waals surface area contributed by atoms with Gasteiger partial charge in [0.15, 0.2) is 0 Å². The maximum absolute atomic E-state index is 12.0. The second-order valence-corrected chi connectivity index (χ2v) is 5.83. The van der Waals surface area contributed by atoms with Crippen LogP contribution < -0.4 is 5.32 Å². The Kier molecular flexibility index (Phi) is 4.23. The van der Waals surface area contributed by atoms with Gasteiger partial charge in [0.05, 0.1) is 11.0 Å². The highest BCUT2D eigenvalue weighted by Crippen LogP contribution is 2.33. The number of benzene rings is 1. The van der Waals surface area contributed by atoms with Crippen molar-refractivity contribution < 1.29 is 4.79 Å². The zero-order valence-corrected chi connectivity index (χ0v) is 12.6. The Morgan fingerprint density at radius 1 is 1.29 bits per heavy atom. The molecule has 112 valence electrons. The van der Waals surface area contributed by atoms with Gasteiger partial charge in [-0.25, -0.2) is 4.98 Å². The molecule has 1 aromatic heterocycles. The van der Waals surface area contributed by atoms with E-state index in [0.717, 1.165) is 16.9 Å². The number of amides is 1. The summed E-state index contributed by atoms with van der Waals surface area (Å²) in [5, 5.41) is 2.89. The maximum atomic E-state index is 12.0. The van der Waals surface area contributed by atoms with Crippen molar-refractivity contribution in [1.82, 2.24) is 14.9 Å². The van der Waals surface area contributed by atoms with Crippen molar-refractivity contribution in [1.29, 1.82) is 0 Å². The van der Waals surface area contributed by atoms with Crippen LogP contribution in [0.25, 0.3) is 11.0 Å². The molecule has 4 nitrogen and oxygen atoms in total. The van der Waals surface area contributed by atoms with Crippen molar-refractivity contribution in [3.8, 4) is 0 Å². The SMILES string of the molecule is CCNC(=O)Cn1c(C2CCCCC2)nc2ccccc21. The van der Waals surface area contributed by atoms with Crippen molar-refractivity contribution >= 4 is 16.9 Å². The Balaban J connectivity index is 1.98. The highest BCUT2D eigenvalue weighted by atomic mass is 16.1. The predicted octanol–water partition coefficient (Wildman–Crippen LogP) is 3.22. The van der Waals surface area contributed by atoms with E-state index in [1.54, 1.807) is 0 Å². The van der Waals surface area contributed by atoms with Crippen molar-refractivity contribution in [2.24, 2.45) is 0 Å². The lowest BCUT2D eigenvalue weighted by molar-refractivity contribution is -0.121. The summed E-state index contributed by atoms with van der Waals surface area (Å²) in [6.45, 7) is 3.00. The third-order valence-electron chi connectivity index (χ3n) is 4.33. The minimum Gasteiger partial charge on any atom is -0.355 e. The molecule has 1 fully saturated rings. The molecule has 0 unspecified atom stereocenters. The number of carbonyl (C=O) groups excluding carboxylic acids is 1. The molecule has 1 amide bonds. The summed E-state index contributed by atoms with van der Waals surface area (Å²) in [6, 6.07) is 8.13. The number of carbonyl (C=O) groups is 1. The van der Waals surface area contributed by atoms with Gasteiger partial charge in [-0.3, -0.25) is 4.79 Å². The number of aromatic nitrogens is 2. The Morgan fingerprint density at radius 3 is 2.81 bits per heavy atom. The molecule has 0 spiro atoms. The second-order valence-electron chi connectivity index (χ2n) is 5.83. The Labute approximate surface area is 125 Å². The van der Waals surface area contributed by atoms with Crippen LogP contribution in [0.1, 0.15) is 50.8 Å². The molecule has 2 aromatic rings. The summed E-state index contributed by atoms with van der Waals surface area (Å²) in [4.78, 5) is 16.9. The second kappa shape index (κ2) is 6.29. The zero-order valence-electron chi connectivity index (χ0n) is 12.6. The first kappa shape index (κ1) is 14.1. The number of hydrogen-bond acceptors (Lipinski definition) is 2. The van der Waals surface area contributed by atoms with Gasteiger partial charge in [0.1, 0.15) is 12.4 Å². The van der Waals surface area contributed by atoms with E-state index >= 15 is 0 Å². The van der Waals surface area contributed by atoms with Gasteiger partial charge in [-0.2, -0.15) is 0 Å². The summed E-state index contributed by atoms with van der Waals surface area (Å²) < 4.78 is 2.12. The van der Waals surface area contributed by atoms with Crippen LogP contribution in [-0.4, -0.2) is 22.0 Å². The van der Waals surface area contributed by atoms with Crippen LogP contribution in [0.3, 0.4) is 0 Å². The smallest absolute Gasteiger partial charge is 0.239 e. The molecular weight excluding hydrogens is 262 g/mol. The summed E-state index contributed by atoms with van der Waals surface area (Å²) in [7, 11) is 0. The van der Waals surface area contributed by atoms with Crippen LogP contribution in [0.5, 0.6) is 0 Å². The number of fused-ring (bicyclic) bond motifs is 1. The molecular formula is C17H23N3O. The maximum Gasteiger partial charge on any atom is 0.239 e. The lowest BCUT2D eigenvalue weighted by Gasteiger charge is -2.22. The number of imidazole rings is 1. The summed E-state index contributed by atoms with van der Waals surface area (Å²) in [5.74, 6) is 1.67. The van der Waals surface area contributed by atoms with Gasteiger partial charge in [0.2, 0.25) is 5.91 Å². The normalized spacial score (nSPS) is 16.2. The van der Waals surface area contributed by atoms with E-state index in [0.29, 0.717) is 19.0 Å². The van der Waals surface area contributed by atoms with E-state index in [4.69, 9.17) is 4.98 Å². The molecule has 1 aliphatic rings. The largest absolute Gasteiger partial charge is 0.355 e. The van der Waals surface area contributed by atoms with Gasteiger partial charge in [-0.15, -0.1) is 0 Å². The molecule has 3 rings (SSSR count). The van der Waals surface area contributed by atoms with E-state index in [2.05, 4.69) is 16.0 Å². The number of para-hydroxylation sites is 2. The van der Waals surface area contributed by atoms with Crippen LogP contribution in [0.15, 0.2) is 24.3 Å². The van der Waals surface area contributed by atoms with Gasteiger partial charge in [0, 0.05) is 12.5 Å². The average Bonchev–Trinajstić information content (AvgIpc) is 2.87. The Morgan fingerprint density at radius 2 is 2.05 bits per heavy atom. The van der Waals surface area contributed by atoms with Gasteiger partial charge >= 0.3 is 0 Å². The molecule has 0 radical (unpaired) electrons. The van der Waals surface area contributed by atoms with Gasteiger partial charge < -0.3 is 9.88 Å². The van der Waals surface area contributed by atoms with Gasteiger partial charge in [-0.05, 0) is 31.9 Å². The lowest BCUT2D eigenvalue weighted by atomic mass is 9.88. The lowest BCUT2D eigenvalue weighted by Crippen LogP contribution is -2.28. The number of hydrogen-bond donors (Lipinski definition) is 1. The van der Waals surface area contributed by atoms with Crippen LogP contribution in [-0.2, 0) is 11.3 Å². The molecule has 0 bridgehead atoms. The van der Waals surface area contributed by atoms with Crippen molar-refractivity contribution in [3.63, 3.8) is 0 Å². The minimum absolute atomic E-state index is 0.0673. The van der Waals surface area contributed by atoms with Crippen LogP contribution in [0.2, 0.25) is 0 Å². The van der Waals surface area contributed by atoms with E-state index < -0.39 is 0 Å². The third-order valence-corrected chi connectivity index (χ3v) is 4.33. The zero-order chi connectivity index (χ0) is 14.7. The molecule has 0 atom stereocenters. The fourth-order valence-electron chi connectivity index (χ4n) is 3.33. The monoisotopic (exact) mass is 285 g/mol. The first-order valence-corrected chi connectivity index (χ1v) is 8.01. The van der Waals surface area contributed by atoms with Crippen molar-refractivity contribution in [2.45, 2.75) is 51.5 Å². The molecule has 1 N–H and O–H groups in total. The Bertz CT molecular complexity index is 626. The fraction of sp³-hybridized carbons (Fsp3) is 0.529. The van der Waals surface area contributed by atoms with Crippen molar-refractivity contribution in [3.05, 3.63) is 30.1 Å². The molecule has 4 heteroatoms. The Hall–Kier alpha value is -1.84. The third kappa shape index (κ3) is 2.94. The summed E-state index contributed by atoms with van der Waals surface area (Å²) in [5.41, 5.74) is 2.08. The van der Waals surface area contributed by atoms with E-state index in [9.17, 15) is 4.79 Å². The number of nitrogens with zero attached hydrogens (tertiary/aromatic N) is 2. The average molecular weight is 285 g/mol. The molecule has 1 saturated carbocycles. The number of rotatable bonds is 4. The highest BCUT2D eigenvalue weighted by molar-refractivity contribution is 5.81. The molecule has 1 aliphatic carbocycles. The molecule has 21 heavy (non-hydrogen) atoms. The molecule has 1 heterocycles. The minimum atomic E-state index is 0.0673. The molecule has 1 aromatic carbocycles. The number of nitrogens with one attached hydrogen (secondary N) is 1. The van der Waals surface area contributed by atoms with Crippen LogP contribution >= 0.6 is 0 Å². The molecule has 0 saturated heterocycles. The van der Waals surface area contributed by atoms with E-state index in [1.807, 2.05) is 25.1 Å².